The first-order valence-corrected chi connectivity index (χ1v) is 10.0. The molecule has 0 spiro atoms. The van der Waals surface area contributed by atoms with Gasteiger partial charge in [0.2, 0.25) is 5.78 Å². The largest absolute Gasteiger partial charge is 0.497 e. The average Bonchev–Trinajstić information content (AvgIpc) is 3.21. The van der Waals surface area contributed by atoms with Gasteiger partial charge in [-0.3, -0.25) is 9.59 Å². The van der Waals surface area contributed by atoms with Gasteiger partial charge in [0.25, 0.3) is 10.0 Å². The summed E-state index contributed by atoms with van der Waals surface area (Å²) in [7, 11) is 0.366. The number of benzene rings is 1. The third-order valence-corrected chi connectivity index (χ3v) is 6.76. The van der Waals surface area contributed by atoms with Crippen molar-refractivity contribution in [1.82, 2.24) is 4.31 Å². The van der Waals surface area contributed by atoms with Gasteiger partial charge in [-0.25, -0.2) is 8.42 Å². The van der Waals surface area contributed by atoms with Gasteiger partial charge in [0.05, 0.1) is 19.8 Å². The van der Waals surface area contributed by atoms with Gasteiger partial charge in [-0.2, -0.15) is 4.31 Å². The molecule has 0 bridgehead atoms. The highest BCUT2D eigenvalue weighted by Crippen LogP contribution is 2.24. The van der Waals surface area contributed by atoms with Crippen LogP contribution in [0.3, 0.4) is 0 Å². The molecule has 0 aliphatic heterocycles. The number of ketones is 1. The Bertz CT molecular complexity index is 907. The summed E-state index contributed by atoms with van der Waals surface area (Å²) in [6.45, 7) is -1.06. The summed E-state index contributed by atoms with van der Waals surface area (Å²) in [5, 5.41) is 1.62. The van der Waals surface area contributed by atoms with Crippen molar-refractivity contribution in [1.29, 1.82) is 0 Å². The zero-order valence-corrected chi connectivity index (χ0v) is 16.6. The zero-order valence-electron chi connectivity index (χ0n) is 15.0. The Kier molecular flexibility index (Phi) is 6.94. The molecule has 2 aromatic rings. The number of methoxy groups -OCH3 is 2. The van der Waals surface area contributed by atoms with Crippen LogP contribution in [0.1, 0.15) is 10.4 Å². The highest BCUT2D eigenvalue weighted by atomic mass is 32.2. The Balaban J connectivity index is 1.98. The second-order valence-corrected chi connectivity index (χ2v) is 8.56. The van der Waals surface area contributed by atoms with Gasteiger partial charge in [0, 0.05) is 7.05 Å². The molecule has 0 fully saturated rings. The molecule has 8 nitrogen and oxygen atoms in total. The fraction of sp³-hybridized carbons (Fsp3) is 0.294. The number of rotatable bonds is 9. The molecule has 0 saturated heterocycles. The van der Waals surface area contributed by atoms with Crippen molar-refractivity contribution in [3.63, 3.8) is 0 Å². The second kappa shape index (κ2) is 8.98. The van der Waals surface area contributed by atoms with Crippen molar-refractivity contribution in [2.45, 2.75) is 4.21 Å². The van der Waals surface area contributed by atoms with Gasteiger partial charge in [-0.15, -0.1) is 11.3 Å². The van der Waals surface area contributed by atoms with Crippen molar-refractivity contribution in [3.8, 4) is 11.5 Å². The van der Waals surface area contributed by atoms with Crippen LogP contribution in [0.15, 0.2) is 39.9 Å². The number of sulfonamides is 1. The van der Waals surface area contributed by atoms with Crippen molar-refractivity contribution in [2.24, 2.45) is 0 Å². The van der Waals surface area contributed by atoms with Crippen LogP contribution in [0, 0.1) is 0 Å². The number of nitrogens with zero attached hydrogens (tertiary/aromatic N) is 1. The van der Waals surface area contributed by atoms with Gasteiger partial charge in [0.1, 0.15) is 22.3 Å². The number of hydrogen-bond donors (Lipinski definition) is 0. The van der Waals surface area contributed by atoms with E-state index in [4.69, 9.17) is 14.2 Å². The molecule has 0 atom stereocenters. The maximum absolute atomic E-state index is 12.3. The number of thiophene rings is 1. The summed E-state index contributed by atoms with van der Waals surface area (Å²) in [5.41, 5.74) is 0.198. The fourth-order valence-corrected chi connectivity index (χ4v) is 4.45. The Morgan fingerprint density at radius 3 is 2.48 bits per heavy atom. The highest BCUT2D eigenvalue weighted by molar-refractivity contribution is 7.91. The van der Waals surface area contributed by atoms with Crippen LogP contribution in [0.25, 0.3) is 0 Å². The molecule has 1 aromatic heterocycles. The summed E-state index contributed by atoms with van der Waals surface area (Å²) in [5.74, 6) is -0.572. The number of carbonyl (C=O) groups is 2. The second-order valence-electron chi connectivity index (χ2n) is 5.34. The van der Waals surface area contributed by atoms with E-state index in [9.17, 15) is 18.0 Å². The van der Waals surface area contributed by atoms with E-state index in [1.807, 2.05) is 0 Å². The van der Waals surface area contributed by atoms with Crippen LogP contribution >= 0.6 is 11.3 Å². The van der Waals surface area contributed by atoms with Gasteiger partial charge < -0.3 is 14.2 Å². The van der Waals surface area contributed by atoms with Crippen molar-refractivity contribution in [3.05, 3.63) is 41.3 Å². The summed E-state index contributed by atoms with van der Waals surface area (Å²) in [4.78, 5) is 24.3. The standard InChI is InChI=1S/C17H19NO7S2/c1-18(27(21,22)17-5-4-8-26-17)10-16(20)25-11-14(19)13-9-12(23-2)6-7-15(13)24-3/h4-9H,10-11H2,1-3H3. The van der Waals surface area contributed by atoms with Crippen LogP contribution in [0.5, 0.6) is 11.5 Å². The number of carbonyl (C=O) groups excluding carboxylic acids is 2. The summed E-state index contributed by atoms with van der Waals surface area (Å²) in [6.07, 6.45) is 0. The predicted octanol–water partition coefficient (Wildman–Crippen LogP) is 1.81. The van der Waals surface area contributed by atoms with E-state index < -0.39 is 34.9 Å². The number of Topliss-reactive ketones (excluding diaryl/α,β-unsaturated/α-hetero) is 1. The first-order chi connectivity index (χ1) is 12.8. The van der Waals surface area contributed by atoms with Crippen molar-refractivity contribution in [2.75, 3.05) is 34.4 Å². The molecule has 0 radical (unpaired) electrons. The molecule has 0 saturated carbocycles. The van der Waals surface area contributed by atoms with E-state index >= 15 is 0 Å². The van der Waals surface area contributed by atoms with Crippen LogP contribution < -0.4 is 9.47 Å². The molecule has 2 rings (SSSR count). The maximum Gasteiger partial charge on any atom is 0.321 e. The van der Waals surface area contributed by atoms with Crippen molar-refractivity contribution >= 4 is 33.1 Å². The Labute approximate surface area is 161 Å². The molecule has 10 heteroatoms. The number of ether oxygens (including phenoxy) is 3. The molecule has 146 valence electrons. The molecular formula is C17H19NO7S2. The van der Waals surface area contributed by atoms with Crippen molar-refractivity contribution < 1.29 is 32.2 Å². The lowest BCUT2D eigenvalue weighted by atomic mass is 10.1. The van der Waals surface area contributed by atoms with E-state index in [-0.39, 0.29) is 9.77 Å². The minimum Gasteiger partial charge on any atom is -0.497 e. The molecule has 0 N–H and O–H groups in total. The summed E-state index contributed by atoms with van der Waals surface area (Å²) in [6, 6.07) is 7.72. The lowest BCUT2D eigenvalue weighted by Crippen LogP contribution is -2.33. The van der Waals surface area contributed by atoms with Gasteiger partial charge in [-0.1, -0.05) is 6.07 Å². The maximum atomic E-state index is 12.3. The highest BCUT2D eigenvalue weighted by Gasteiger charge is 2.25. The predicted molar refractivity (Wildman–Crippen MR) is 99.0 cm³/mol. The monoisotopic (exact) mass is 413 g/mol. The third-order valence-electron chi connectivity index (χ3n) is 3.58. The van der Waals surface area contributed by atoms with Crippen LogP contribution in [0.4, 0.5) is 0 Å². The normalized spacial score (nSPS) is 11.3. The topological polar surface area (TPSA) is 99.2 Å². The first-order valence-electron chi connectivity index (χ1n) is 7.70. The average molecular weight is 413 g/mol. The molecule has 0 amide bonds. The minimum atomic E-state index is -3.77. The van der Waals surface area contributed by atoms with Gasteiger partial charge in [-0.05, 0) is 29.6 Å². The molecule has 27 heavy (non-hydrogen) atoms. The molecular weight excluding hydrogens is 394 g/mol. The van der Waals surface area contributed by atoms with Crippen LogP contribution in [-0.2, 0) is 19.6 Å². The quantitative estimate of drug-likeness (QED) is 0.457. The lowest BCUT2D eigenvalue weighted by Gasteiger charge is -2.15. The zero-order chi connectivity index (χ0) is 20.0. The van der Waals surface area contributed by atoms with Gasteiger partial charge >= 0.3 is 5.97 Å². The van der Waals surface area contributed by atoms with E-state index in [1.165, 1.54) is 33.4 Å². The summed E-state index contributed by atoms with van der Waals surface area (Å²) >= 11 is 1.05. The number of hydrogen-bond acceptors (Lipinski definition) is 8. The summed E-state index contributed by atoms with van der Waals surface area (Å²) < 4.78 is 40.7. The molecule has 1 heterocycles. The van der Waals surface area contributed by atoms with E-state index in [2.05, 4.69) is 0 Å². The lowest BCUT2D eigenvalue weighted by molar-refractivity contribution is -0.142. The molecule has 0 unspecified atom stereocenters. The molecule has 0 aliphatic carbocycles. The Morgan fingerprint density at radius 2 is 1.89 bits per heavy atom. The minimum absolute atomic E-state index is 0.120. The van der Waals surface area contributed by atoms with E-state index in [1.54, 1.807) is 23.6 Å². The number of likely N-dealkylation sites (N-methyl/N-ethyl adjacent to an activating group) is 1. The van der Waals surface area contributed by atoms with Crippen LogP contribution in [0.2, 0.25) is 0 Å². The Morgan fingerprint density at radius 1 is 1.15 bits per heavy atom. The SMILES string of the molecule is COc1ccc(OC)c(C(=O)COC(=O)CN(C)S(=O)(=O)c2cccs2)c1. The fourth-order valence-electron chi connectivity index (χ4n) is 2.13. The van der Waals surface area contributed by atoms with E-state index in [0.29, 0.717) is 11.5 Å². The smallest absolute Gasteiger partial charge is 0.321 e. The van der Waals surface area contributed by atoms with Crippen LogP contribution in [-0.4, -0.2) is 58.9 Å². The first kappa shape index (κ1) is 20.9. The Hall–Kier alpha value is -2.43. The van der Waals surface area contributed by atoms with E-state index in [0.717, 1.165) is 15.6 Å². The molecule has 1 aromatic carbocycles. The number of esters is 1. The molecule has 0 aliphatic rings. The third kappa shape index (κ3) is 5.06. The van der Waals surface area contributed by atoms with Gasteiger partial charge in [0.15, 0.2) is 6.61 Å².